The van der Waals surface area contributed by atoms with Gasteiger partial charge < -0.3 is 10.6 Å². The van der Waals surface area contributed by atoms with Gasteiger partial charge in [-0.2, -0.15) is 10.1 Å². The van der Waals surface area contributed by atoms with Crippen LogP contribution < -0.4 is 10.6 Å². The molecule has 0 saturated heterocycles. The summed E-state index contributed by atoms with van der Waals surface area (Å²) in [6.07, 6.45) is 3.30. The minimum absolute atomic E-state index is 0.415. The van der Waals surface area contributed by atoms with E-state index in [1.165, 1.54) is 0 Å². The van der Waals surface area contributed by atoms with Gasteiger partial charge in [-0.25, -0.2) is 4.98 Å². The van der Waals surface area contributed by atoms with Gasteiger partial charge in [-0.05, 0) is 36.4 Å². The molecular weight excluding hydrogens is 359 g/mol. The van der Waals surface area contributed by atoms with Crippen molar-refractivity contribution in [1.82, 2.24) is 20.2 Å². The van der Waals surface area contributed by atoms with Crippen molar-refractivity contribution in [3.63, 3.8) is 0 Å². The molecule has 25 heavy (non-hydrogen) atoms. The number of benzene rings is 2. The van der Waals surface area contributed by atoms with Gasteiger partial charge in [0, 0.05) is 21.8 Å². The summed E-state index contributed by atoms with van der Waals surface area (Å²) in [5.74, 6) is 0.919. The molecular formula is C17H12Cl2N6. The monoisotopic (exact) mass is 370 g/mol. The second kappa shape index (κ2) is 6.58. The molecule has 2 aromatic heterocycles. The van der Waals surface area contributed by atoms with Crippen LogP contribution in [0.15, 0.2) is 54.9 Å². The summed E-state index contributed by atoms with van der Waals surface area (Å²) in [6, 6.07) is 13.1. The fraction of sp³-hybridized carbons (Fsp3) is 0. The molecule has 6 nitrogen and oxygen atoms in total. The predicted octanol–water partition coefficient (Wildman–Crippen LogP) is 5.15. The van der Waals surface area contributed by atoms with Crippen molar-refractivity contribution in [2.24, 2.45) is 0 Å². The smallest absolute Gasteiger partial charge is 0.229 e. The largest absolute Gasteiger partial charge is 0.339 e. The molecule has 0 aliphatic carbocycles. The lowest BCUT2D eigenvalue weighted by atomic mass is 10.2. The third kappa shape index (κ3) is 3.50. The van der Waals surface area contributed by atoms with Gasteiger partial charge in [0.25, 0.3) is 0 Å². The Labute approximate surface area is 153 Å². The van der Waals surface area contributed by atoms with Crippen LogP contribution in [0.4, 0.5) is 23.1 Å². The Hall–Kier alpha value is -2.83. The van der Waals surface area contributed by atoms with Crippen molar-refractivity contribution in [3.8, 4) is 0 Å². The number of H-pyrrole nitrogens is 1. The van der Waals surface area contributed by atoms with Crippen LogP contribution in [0.3, 0.4) is 0 Å². The number of anilines is 4. The molecule has 0 aliphatic heterocycles. The van der Waals surface area contributed by atoms with Crippen LogP contribution in [0.1, 0.15) is 0 Å². The molecule has 0 radical (unpaired) electrons. The highest BCUT2D eigenvalue weighted by molar-refractivity contribution is 6.33. The number of rotatable bonds is 4. The first-order chi connectivity index (χ1) is 12.2. The maximum Gasteiger partial charge on any atom is 0.229 e. The number of aromatic nitrogens is 4. The van der Waals surface area contributed by atoms with E-state index in [0.29, 0.717) is 21.8 Å². The highest BCUT2D eigenvalue weighted by atomic mass is 35.5. The highest BCUT2D eigenvalue weighted by Gasteiger charge is 2.07. The molecule has 0 aliphatic rings. The lowest BCUT2D eigenvalue weighted by Gasteiger charge is -2.10. The van der Waals surface area contributed by atoms with Gasteiger partial charge in [-0.1, -0.05) is 29.3 Å². The van der Waals surface area contributed by atoms with Crippen LogP contribution >= 0.6 is 23.2 Å². The van der Waals surface area contributed by atoms with Crippen LogP contribution in [-0.4, -0.2) is 20.2 Å². The highest BCUT2D eigenvalue weighted by Crippen LogP contribution is 2.26. The van der Waals surface area contributed by atoms with Gasteiger partial charge in [0.15, 0.2) is 5.82 Å². The molecule has 0 saturated carbocycles. The number of hydrogen-bond donors (Lipinski definition) is 3. The molecule has 0 atom stereocenters. The van der Waals surface area contributed by atoms with Crippen molar-refractivity contribution in [2.75, 3.05) is 10.6 Å². The Morgan fingerprint density at radius 1 is 0.920 bits per heavy atom. The first kappa shape index (κ1) is 15.7. The molecule has 0 amide bonds. The second-order valence-electron chi connectivity index (χ2n) is 5.32. The SMILES string of the molecule is Clc1cccc(Nc2ncc(Cl)c(Nc3ccc4[nH]ncc4c3)n2)c1. The number of nitrogens with one attached hydrogen (secondary N) is 3. The van der Waals surface area contributed by atoms with Crippen LogP contribution in [0.2, 0.25) is 10.0 Å². The fourth-order valence-corrected chi connectivity index (χ4v) is 2.70. The molecule has 8 heteroatoms. The minimum atomic E-state index is 0.415. The first-order valence-electron chi connectivity index (χ1n) is 7.43. The standard InChI is InChI=1S/C17H12Cl2N6/c18-11-2-1-3-12(7-11)23-17-20-9-14(19)16(24-17)22-13-4-5-15-10(6-13)8-21-25-15/h1-9H,(H,21,25)(H2,20,22,23,24). The summed E-state index contributed by atoms with van der Waals surface area (Å²) in [4.78, 5) is 8.62. The number of fused-ring (bicyclic) bond motifs is 1. The zero-order valence-corrected chi connectivity index (χ0v) is 14.3. The number of nitrogens with zero attached hydrogens (tertiary/aromatic N) is 3. The van der Waals surface area contributed by atoms with E-state index in [4.69, 9.17) is 23.2 Å². The third-order valence-electron chi connectivity index (χ3n) is 3.53. The van der Waals surface area contributed by atoms with E-state index in [2.05, 4.69) is 30.8 Å². The average molecular weight is 371 g/mol. The van der Waals surface area contributed by atoms with Gasteiger partial charge in [0.05, 0.1) is 17.9 Å². The van der Waals surface area contributed by atoms with E-state index >= 15 is 0 Å². The van der Waals surface area contributed by atoms with E-state index in [9.17, 15) is 0 Å². The van der Waals surface area contributed by atoms with Crippen LogP contribution in [0, 0.1) is 0 Å². The van der Waals surface area contributed by atoms with Crippen molar-refractivity contribution >= 4 is 57.2 Å². The molecule has 0 bridgehead atoms. The van der Waals surface area contributed by atoms with Gasteiger partial charge >= 0.3 is 0 Å². The molecule has 0 spiro atoms. The average Bonchev–Trinajstić information content (AvgIpc) is 3.06. The Morgan fingerprint density at radius 3 is 2.68 bits per heavy atom. The Balaban J connectivity index is 1.60. The number of aromatic amines is 1. The summed E-state index contributed by atoms with van der Waals surface area (Å²) >= 11 is 12.2. The molecule has 0 unspecified atom stereocenters. The summed E-state index contributed by atoms with van der Waals surface area (Å²) in [5, 5.41) is 15.3. The summed E-state index contributed by atoms with van der Waals surface area (Å²) in [5.41, 5.74) is 2.60. The number of halogens is 2. The van der Waals surface area contributed by atoms with E-state index in [-0.39, 0.29) is 0 Å². The quantitative estimate of drug-likeness (QED) is 0.463. The topological polar surface area (TPSA) is 78.5 Å². The van der Waals surface area contributed by atoms with Gasteiger partial charge in [0.1, 0.15) is 5.02 Å². The third-order valence-corrected chi connectivity index (χ3v) is 4.04. The van der Waals surface area contributed by atoms with Gasteiger partial charge in [-0.15, -0.1) is 0 Å². The second-order valence-corrected chi connectivity index (χ2v) is 6.17. The number of hydrogen-bond acceptors (Lipinski definition) is 5. The van der Waals surface area contributed by atoms with Gasteiger partial charge in [-0.3, -0.25) is 5.10 Å². The Bertz CT molecular complexity index is 1050. The maximum absolute atomic E-state index is 6.22. The lowest BCUT2D eigenvalue weighted by Crippen LogP contribution is -2.01. The Morgan fingerprint density at radius 2 is 1.80 bits per heavy atom. The van der Waals surface area contributed by atoms with Gasteiger partial charge in [0.2, 0.25) is 5.95 Å². The summed E-state index contributed by atoms with van der Waals surface area (Å²) < 4.78 is 0. The van der Waals surface area contributed by atoms with E-state index in [0.717, 1.165) is 22.3 Å². The fourth-order valence-electron chi connectivity index (χ4n) is 2.37. The molecule has 124 valence electrons. The maximum atomic E-state index is 6.22. The normalized spacial score (nSPS) is 10.8. The zero-order valence-electron chi connectivity index (χ0n) is 12.8. The zero-order chi connectivity index (χ0) is 17.2. The van der Waals surface area contributed by atoms with E-state index in [1.807, 2.05) is 30.3 Å². The molecule has 4 aromatic rings. The van der Waals surface area contributed by atoms with Crippen LogP contribution in [0.25, 0.3) is 10.9 Å². The van der Waals surface area contributed by atoms with Crippen LogP contribution in [-0.2, 0) is 0 Å². The minimum Gasteiger partial charge on any atom is -0.339 e. The summed E-state index contributed by atoms with van der Waals surface area (Å²) in [7, 11) is 0. The van der Waals surface area contributed by atoms with E-state index < -0.39 is 0 Å². The molecule has 2 heterocycles. The summed E-state index contributed by atoms with van der Waals surface area (Å²) in [6.45, 7) is 0. The van der Waals surface area contributed by atoms with Crippen LogP contribution in [0.5, 0.6) is 0 Å². The molecule has 0 fully saturated rings. The molecule has 4 rings (SSSR count). The lowest BCUT2D eigenvalue weighted by molar-refractivity contribution is 1.12. The predicted molar refractivity (Wildman–Crippen MR) is 101 cm³/mol. The van der Waals surface area contributed by atoms with Crippen molar-refractivity contribution in [2.45, 2.75) is 0 Å². The van der Waals surface area contributed by atoms with E-state index in [1.54, 1.807) is 24.5 Å². The van der Waals surface area contributed by atoms with Crippen molar-refractivity contribution in [1.29, 1.82) is 0 Å². The van der Waals surface area contributed by atoms with Crippen molar-refractivity contribution < 1.29 is 0 Å². The molecule has 3 N–H and O–H groups in total. The van der Waals surface area contributed by atoms with Crippen molar-refractivity contribution in [3.05, 3.63) is 64.9 Å². The Kier molecular flexibility index (Phi) is 4.13. The first-order valence-corrected chi connectivity index (χ1v) is 8.18. The molecule has 2 aromatic carbocycles.